The van der Waals surface area contributed by atoms with Gasteiger partial charge >= 0.3 is 0 Å². The molecule has 1 aromatic heterocycles. The molecule has 0 aliphatic rings. The molecule has 2 aromatic rings. The molecule has 6 nitrogen and oxygen atoms in total. The van der Waals surface area contributed by atoms with Gasteiger partial charge in [0, 0.05) is 43.0 Å². The average Bonchev–Trinajstić information content (AvgIpc) is 2.61. The Morgan fingerprint density at radius 3 is 2.46 bits per heavy atom. The lowest BCUT2D eigenvalue weighted by Crippen LogP contribution is -2.22. The van der Waals surface area contributed by atoms with E-state index >= 15 is 0 Å². The molecule has 0 aliphatic carbocycles. The minimum atomic E-state index is -0.330. The Morgan fingerprint density at radius 1 is 1.39 bits per heavy atom. The number of nitrogens with two attached hydrogens (primary N) is 1. The van der Waals surface area contributed by atoms with Crippen LogP contribution in [0.4, 0.5) is 0 Å². The summed E-state index contributed by atoms with van der Waals surface area (Å²) in [6.45, 7) is 4.08. The maximum atomic E-state index is 12.0. The molecule has 0 fully saturated rings. The van der Waals surface area contributed by atoms with Crippen LogP contribution in [0.2, 0.25) is 5.02 Å². The Kier molecular flexibility index (Phi) is 10.3. The number of nitriles is 1. The number of ether oxygens (including phenoxy) is 1. The van der Waals surface area contributed by atoms with Crippen LogP contribution in [-0.2, 0) is 0 Å². The molecule has 28 heavy (non-hydrogen) atoms. The van der Waals surface area contributed by atoms with Gasteiger partial charge in [-0.3, -0.25) is 9.78 Å². The van der Waals surface area contributed by atoms with E-state index in [2.05, 4.69) is 11.1 Å². The average molecular weight is 446 g/mol. The molecule has 1 heterocycles. The van der Waals surface area contributed by atoms with Crippen LogP contribution in [-0.4, -0.2) is 36.5 Å². The summed E-state index contributed by atoms with van der Waals surface area (Å²) < 4.78 is 5.80. The predicted molar refractivity (Wildman–Crippen MR) is 116 cm³/mol. The molecule has 0 radical (unpaired) electrons. The molecule has 0 aliphatic heterocycles. The number of amides is 1. The number of aromatic nitrogens is 1. The van der Waals surface area contributed by atoms with Gasteiger partial charge < -0.3 is 15.4 Å². The standard InChI is InChI=1S/C19H21ClN4O2.2ClH/c1-5-26-18-13(11(2)22)8-15(20)14(9-21)17(18)12-6-7-16(23-10-12)19(25)24(3)4;;/h6-8,10-11H,5,22H2,1-4H3;2*1H. The number of nitrogens with zero attached hydrogens (tertiary/aromatic N) is 3. The van der Waals surface area contributed by atoms with Gasteiger partial charge in [0.25, 0.3) is 5.91 Å². The number of rotatable bonds is 5. The Labute approximate surface area is 182 Å². The fourth-order valence-electron chi connectivity index (χ4n) is 2.57. The van der Waals surface area contributed by atoms with Crippen LogP contribution < -0.4 is 10.5 Å². The molecule has 1 amide bonds. The molecule has 1 aromatic carbocycles. The number of carbonyl (C=O) groups is 1. The van der Waals surface area contributed by atoms with Gasteiger partial charge in [0.15, 0.2) is 0 Å². The van der Waals surface area contributed by atoms with Gasteiger partial charge in [-0.25, -0.2) is 0 Å². The summed E-state index contributed by atoms with van der Waals surface area (Å²) in [4.78, 5) is 17.7. The number of hydrogen-bond acceptors (Lipinski definition) is 5. The summed E-state index contributed by atoms with van der Waals surface area (Å²) in [5, 5.41) is 9.89. The van der Waals surface area contributed by atoms with Crippen LogP contribution >= 0.6 is 36.4 Å². The molecular weight excluding hydrogens is 423 g/mol. The first-order valence-corrected chi connectivity index (χ1v) is 8.52. The predicted octanol–water partition coefficient (Wildman–Crippen LogP) is 4.24. The molecule has 2 rings (SSSR count). The SMILES string of the molecule is CCOc1c(C(C)N)cc(Cl)c(C#N)c1-c1ccc(C(=O)N(C)C)nc1.Cl.Cl. The highest BCUT2D eigenvalue weighted by Crippen LogP contribution is 2.41. The van der Waals surface area contributed by atoms with Crippen molar-refractivity contribution >= 4 is 42.3 Å². The molecular formula is C19H23Cl3N4O2. The first-order chi connectivity index (χ1) is 12.3. The van der Waals surface area contributed by atoms with E-state index in [4.69, 9.17) is 22.1 Å². The zero-order chi connectivity index (χ0) is 19.4. The third-order valence-corrected chi connectivity index (χ3v) is 4.13. The molecule has 2 N–H and O–H groups in total. The van der Waals surface area contributed by atoms with Crippen LogP contribution in [0.5, 0.6) is 5.75 Å². The zero-order valence-corrected chi connectivity index (χ0v) is 18.4. The molecule has 0 saturated carbocycles. The number of pyridine rings is 1. The number of carbonyl (C=O) groups excluding carboxylic acids is 1. The van der Waals surface area contributed by atoms with E-state index in [1.807, 2.05) is 13.8 Å². The smallest absolute Gasteiger partial charge is 0.271 e. The topological polar surface area (TPSA) is 92.2 Å². The van der Waals surface area contributed by atoms with E-state index in [0.29, 0.717) is 39.8 Å². The lowest BCUT2D eigenvalue weighted by atomic mass is 9.94. The van der Waals surface area contributed by atoms with Crippen LogP contribution in [0.15, 0.2) is 24.4 Å². The second kappa shape index (κ2) is 11.1. The Morgan fingerprint density at radius 2 is 2.04 bits per heavy atom. The quantitative estimate of drug-likeness (QED) is 0.743. The lowest BCUT2D eigenvalue weighted by molar-refractivity contribution is 0.0822. The second-order valence-electron chi connectivity index (χ2n) is 5.99. The summed E-state index contributed by atoms with van der Waals surface area (Å²) in [6, 6.07) is 6.80. The largest absolute Gasteiger partial charge is 0.493 e. The minimum absolute atomic E-state index is 0. The highest BCUT2D eigenvalue weighted by atomic mass is 35.5. The fraction of sp³-hybridized carbons (Fsp3) is 0.316. The summed E-state index contributed by atoms with van der Waals surface area (Å²) >= 11 is 6.31. The third kappa shape index (κ3) is 5.27. The Hall–Kier alpha value is -2.04. The van der Waals surface area contributed by atoms with E-state index in [9.17, 15) is 10.1 Å². The number of halogens is 3. The monoisotopic (exact) mass is 444 g/mol. The van der Waals surface area contributed by atoms with Crippen molar-refractivity contribution in [2.45, 2.75) is 19.9 Å². The summed E-state index contributed by atoms with van der Waals surface area (Å²) in [5.74, 6) is 0.307. The summed E-state index contributed by atoms with van der Waals surface area (Å²) in [7, 11) is 3.32. The zero-order valence-electron chi connectivity index (χ0n) is 16.0. The van der Waals surface area contributed by atoms with Crippen molar-refractivity contribution in [3.8, 4) is 22.9 Å². The van der Waals surface area contributed by atoms with Crippen molar-refractivity contribution in [3.05, 3.63) is 46.2 Å². The molecule has 0 spiro atoms. The van der Waals surface area contributed by atoms with Gasteiger partial charge in [0.05, 0.1) is 17.2 Å². The molecule has 0 bridgehead atoms. The van der Waals surface area contributed by atoms with Gasteiger partial charge in [0.2, 0.25) is 0 Å². The van der Waals surface area contributed by atoms with E-state index < -0.39 is 0 Å². The molecule has 152 valence electrons. The van der Waals surface area contributed by atoms with E-state index in [0.717, 1.165) is 0 Å². The van der Waals surface area contributed by atoms with Crippen LogP contribution in [0, 0.1) is 11.3 Å². The Balaban J connectivity index is 0.00000364. The van der Waals surface area contributed by atoms with E-state index in [1.54, 1.807) is 32.3 Å². The molecule has 1 unspecified atom stereocenters. The van der Waals surface area contributed by atoms with Crippen molar-refractivity contribution in [1.82, 2.24) is 9.88 Å². The van der Waals surface area contributed by atoms with Crippen molar-refractivity contribution in [3.63, 3.8) is 0 Å². The number of hydrogen-bond donors (Lipinski definition) is 1. The first kappa shape index (κ1) is 26.0. The molecule has 1 atom stereocenters. The molecule has 0 saturated heterocycles. The first-order valence-electron chi connectivity index (χ1n) is 8.14. The van der Waals surface area contributed by atoms with Crippen LogP contribution in [0.1, 0.15) is 41.5 Å². The van der Waals surface area contributed by atoms with Crippen molar-refractivity contribution < 1.29 is 9.53 Å². The summed E-state index contributed by atoms with van der Waals surface area (Å²) in [6.07, 6.45) is 1.54. The highest BCUT2D eigenvalue weighted by molar-refractivity contribution is 6.32. The third-order valence-electron chi connectivity index (χ3n) is 3.83. The lowest BCUT2D eigenvalue weighted by Gasteiger charge is -2.20. The van der Waals surface area contributed by atoms with Gasteiger partial charge in [-0.2, -0.15) is 5.26 Å². The Bertz CT molecular complexity index is 863. The van der Waals surface area contributed by atoms with Gasteiger partial charge in [-0.1, -0.05) is 17.7 Å². The van der Waals surface area contributed by atoms with Crippen molar-refractivity contribution in [2.24, 2.45) is 5.73 Å². The second-order valence-corrected chi connectivity index (χ2v) is 6.40. The van der Waals surface area contributed by atoms with Gasteiger partial charge in [-0.15, -0.1) is 24.8 Å². The fourth-order valence-corrected chi connectivity index (χ4v) is 2.83. The van der Waals surface area contributed by atoms with Crippen molar-refractivity contribution in [2.75, 3.05) is 20.7 Å². The normalized spacial score (nSPS) is 10.8. The van der Waals surface area contributed by atoms with E-state index in [1.165, 1.54) is 11.1 Å². The van der Waals surface area contributed by atoms with Gasteiger partial charge in [0.1, 0.15) is 17.5 Å². The number of benzene rings is 1. The van der Waals surface area contributed by atoms with Crippen molar-refractivity contribution in [1.29, 1.82) is 5.26 Å². The maximum Gasteiger partial charge on any atom is 0.271 e. The summed E-state index contributed by atoms with van der Waals surface area (Å²) in [5.41, 5.74) is 8.53. The van der Waals surface area contributed by atoms with Crippen LogP contribution in [0.25, 0.3) is 11.1 Å². The molecule has 9 heteroatoms. The van der Waals surface area contributed by atoms with Gasteiger partial charge in [-0.05, 0) is 26.0 Å². The van der Waals surface area contributed by atoms with E-state index in [-0.39, 0.29) is 42.3 Å². The maximum absolute atomic E-state index is 12.0. The highest BCUT2D eigenvalue weighted by Gasteiger charge is 2.22. The minimum Gasteiger partial charge on any atom is -0.493 e. The van der Waals surface area contributed by atoms with Crippen LogP contribution in [0.3, 0.4) is 0 Å².